The van der Waals surface area contributed by atoms with Gasteiger partial charge in [0.1, 0.15) is 6.10 Å². The van der Waals surface area contributed by atoms with Crippen LogP contribution in [-0.4, -0.2) is 12.2 Å². The molecule has 4 heteroatoms. The van der Waals surface area contributed by atoms with Crippen LogP contribution in [0.2, 0.25) is 0 Å². The van der Waals surface area contributed by atoms with Crippen LogP contribution in [-0.2, 0) is 17.2 Å². The number of ether oxygens (including phenoxy) is 1. The van der Waals surface area contributed by atoms with Gasteiger partial charge >= 0.3 is 6.09 Å². The van der Waals surface area contributed by atoms with Crippen molar-refractivity contribution in [3.8, 4) is 0 Å². The third-order valence-corrected chi connectivity index (χ3v) is 1.40. The molecule has 0 fully saturated rings. The normalized spacial score (nSPS) is 9.50. The third kappa shape index (κ3) is 3.50. The van der Waals surface area contributed by atoms with Gasteiger partial charge < -0.3 is 4.74 Å². The van der Waals surface area contributed by atoms with Crippen molar-refractivity contribution in [2.75, 3.05) is 0 Å². The second-order valence-corrected chi connectivity index (χ2v) is 2.10. The minimum atomic E-state index is -0.649. The van der Waals surface area contributed by atoms with Gasteiger partial charge in [-0.25, -0.2) is 4.79 Å². The predicted octanol–water partition coefficient (Wildman–Crippen LogP) is 2.04. The van der Waals surface area contributed by atoms with Crippen LogP contribution in [0.3, 0.4) is 0 Å². The second kappa shape index (κ2) is 5.29. The van der Waals surface area contributed by atoms with E-state index in [0.717, 1.165) is 12.8 Å². The third-order valence-electron chi connectivity index (χ3n) is 1.25. The topological polar surface area (TPSA) is 38.7 Å². The van der Waals surface area contributed by atoms with Gasteiger partial charge in [-0.2, -0.15) is 0 Å². The van der Waals surface area contributed by atoms with Crippen LogP contribution in [0.1, 0.15) is 26.7 Å². The number of carbonyl (C=O) groups excluding carboxylic acids is 1. The summed E-state index contributed by atoms with van der Waals surface area (Å²) in [4.78, 5) is 10.4. The maximum atomic E-state index is 10.4. The Balaban J connectivity index is 3.62. The Morgan fingerprint density at radius 2 is 2.10 bits per heavy atom. The van der Waals surface area contributed by atoms with Gasteiger partial charge in [0.25, 0.3) is 0 Å². The van der Waals surface area contributed by atoms with Crippen molar-refractivity contribution < 1.29 is 9.53 Å². The molecule has 1 amide bonds. The molecule has 58 valence electrons. The molecule has 0 aromatic rings. The molecular weight excluding hydrogens is 150 g/mol. The molecule has 0 N–H and O–H groups in total. The van der Waals surface area contributed by atoms with E-state index in [1.54, 1.807) is 0 Å². The van der Waals surface area contributed by atoms with Gasteiger partial charge in [-0.15, -0.1) is 4.36 Å². The summed E-state index contributed by atoms with van der Waals surface area (Å²) in [5.41, 5.74) is 0. The zero-order valence-electron chi connectivity index (χ0n) is 6.16. The van der Waals surface area contributed by atoms with Crippen molar-refractivity contribution in [3.63, 3.8) is 0 Å². The number of hydrogen-bond donors (Lipinski definition) is 0. The van der Waals surface area contributed by atoms with Crippen molar-refractivity contribution in [2.24, 2.45) is 4.36 Å². The minimum absolute atomic E-state index is 0.0285. The zero-order chi connectivity index (χ0) is 7.98. The zero-order valence-corrected chi connectivity index (χ0v) is 6.98. The van der Waals surface area contributed by atoms with E-state index in [9.17, 15) is 4.79 Å². The summed E-state index contributed by atoms with van der Waals surface area (Å²) in [5.74, 6) is 0. The number of rotatable bonds is 3. The van der Waals surface area contributed by atoms with Crippen LogP contribution in [0.5, 0.6) is 0 Å². The molecule has 0 aliphatic carbocycles. The fourth-order valence-corrected chi connectivity index (χ4v) is 0.662. The number of nitrogens with zero attached hydrogens (tertiary/aromatic N) is 1. The van der Waals surface area contributed by atoms with Gasteiger partial charge in [-0.1, -0.05) is 13.8 Å². The van der Waals surface area contributed by atoms with E-state index in [2.05, 4.69) is 16.8 Å². The highest BCUT2D eigenvalue weighted by Gasteiger charge is 2.07. The lowest BCUT2D eigenvalue weighted by atomic mass is 10.2. The molecule has 0 aromatic carbocycles. The average molecular weight is 161 g/mol. The summed E-state index contributed by atoms with van der Waals surface area (Å²) in [6.45, 7) is 3.90. The Kier molecular flexibility index (Phi) is 5.02. The predicted molar refractivity (Wildman–Crippen MR) is 40.6 cm³/mol. The summed E-state index contributed by atoms with van der Waals surface area (Å²) >= 11 is 4.14. The Labute approximate surface area is 65.9 Å². The summed E-state index contributed by atoms with van der Waals surface area (Å²) in [5, 5.41) is 0. The molecule has 0 radical (unpaired) electrons. The van der Waals surface area contributed by atoms with Crippen molar-refractivity contribution in [3.05, 3.63) is 0 Å². The fourth-order valence-electron chi connectivity index (χ4n) is 0.619. The molecule has 0 heterocycles. The van der Waals surface area contributed by atoms with Gasteiger partial charge in [0.15, 0.2) is 0 Å². The van der Waals surface area contributed by atoms with E-state index in [0.29, 0.717) is 0 Å². The minimum Gasteiger partial charge on any atom is -0.444 e. The maximum absolute atomic E-state index is 10.4. The lowest BCUT2D eigenvalue weighted by Gasteiger charge is -2.09. The maximum Gasteiger partial charge on any atom is 0.445 e. The molecule has 0 saturated carbocycles. The Bertz CT molecular complexity index is 123. The van der Waals surface area contributed by atoms with Crippen LogP contribution in [0.4, 0.5) is 4.79 Å². The molecule has 3 nitrogen and oxygen atoms in total. The van der Waals surface area contributed by atoms with E-state index in [1.807, 2.05) is 13.8 Å². The summed E-state index contributed by atoms with van der Waals surface area (Å²) in [7, 11) is 0. The first-order chi connectivity index (χ1) is 4.74. The average Bonchev–Trinajstić information content (AvgIpc) is 1.99. The quantitative estimate of drug-likeness (QED) is 0.635. The molecule has 0 spiro atoms. The monoisotopic (exact) mass is 161 g/mol. The molecule has 0 rings (SSSR count). The highest BCUT2D eigenvalue weighted by Crippen LogP contribution is 2.03. The van der Waals surface area contributed by atoms with Gasteiger partial charge in [0.2, 0.25) is 0 Å². The van der Waals surface area contributed by atoms with Crippen LogP contribution < -0.4 is 0 Å². The summed E-state index contributed by atoms with van der Waals surface area (Å²) < 4.78 is 7.73. The molecule has 0 bridgehead atoms. The van der Waals surface area contributed by atoms with Crippen LogP contribution in [0.15, 0.2) is 4.36 Å². The van der Waals surface area contributed by atoms with E-state index in [4.69, 9.17) is 4.74 Å². The van der Waals surface area contributed by atoms with E-state index >= 15 is 0 Å². The second-order valence-electron chi connectivity index (χ2n) is 1.91. The van der Waals surface area contributed by atoms with Crippen molar-refractivity contribution in [2.45, 2.75) is 32.8 Å². The van der Waals surface area contributed by atoms with Crippen molar-refractivity contribution >= 4 is 18.5 Å². The lowest BCUT2D eigenvalue weighted by Crippen LogP contribution is -2.13. The first-order valence-electron chi connectivity index (χ1n) is 3.28. The molecule has 0 aromatic heterocycles. The molecule has 0 aliphatic heterocycles. The molecule has 0 aliphatic rings. The summed E-state index contributed by atoms with van der Waals surface area (Å²) in [6, 6.07) is 0. The first kappa shape index (κ1) is 9.49. The van der Waals surface area contributed by atoms with Gasteiger partial charge in [-0.3, -0.25) is 0 Å². The van der Waals surface area contributed by atoms with Crippen LogP contribution in [0, 0.1) is 0 Å². The van der Waals surface area contributed by atoms with Crippen molar-refractivity contribution in [1.29, 1.82) is 0 Å². The van der Waals surface area contributed by atoms with Crippen LogP contribution >= 0.6 is 0 Å². The highest BCUT2D eigenvalue weighted by molar-refractivity contribution is 7.47. The standard InChI is InChI=1S/C6H11NO2S/c1-3-5(4-2)9-6(8)7-10/h5H,3-4H2,1-2H3. The molecule has 0 atom stereocenters. The van der Waals surface area contributed by atoms with E-state index in [1.165, 1.54) is 0 Å². The number of hydrogen-bond acceptors (Lipinski definition) is 3. The fraction of sp³-hybridized carbons (Fsp3) is 0.833. The van der Waals surface area contributed by atoms with E-state index in [-0.39, 0.29) is 6.10 Å². The largest absolute Gasteiger partial charge is 0.445 e. The number of amides is 1. The lowest BCUT2D eigenvalue weighted by molar-refractivity contribution is 0.103. The van der Waals surface area contributed by atoms with Gasteiger partial charge in [0, 0.05) is 12.4 Å². The van der Waals surface area contributed by atoms with Gasteiger partial charge in [-0.05, 0) is 12.8 Å². The molecular formula is C6H11NO2S. The Morgan fingerprint density at radius 1 is 1.60 bits per heavy atom. The first-order valence-corrected chi connectivity index (χ1v) is 3.65. The Hall–Kier alpha value is -0.510. The van der Waals surface area contributed by atoms with Crippen molar-refractivity contribution in [1.82, 2.24) is 0 Å². The summed E-state index contributed by atoms with van der Waals surface area (Å²) in [6.07, 6.45) is 0.947. The number of carbonyl (C=O) groups is 1. The smallest absolute Gasteiger partial charge is 0.444 e. The van der Waals surface area contributed by atoms with E-state index < -0.39 is 6.09 Å². The SMILES string of the molecule is CCC(CC)OC(=O)N=S. The van der Waals surface area contributed by atoms with Crippen LogP contribution in [0.25, 0.3) is 0 Å². The molecule has 10 heavy (non-hydrogen) atoms. The molecule has 0 saturated heterocycles. The highest BCUT2D eigenvalue weighted by atomic mass is 32.1. The van der Waals surface area contributed by atoms with Gasteiger partial charge in [0.05, 0.1) is 0 Å². The Morgan fingerprint density at radius 3 is 2.40 bits per heavy atom. The molecule has 0 unspecified atom stereocenters.